The molecular formula is C22H14Br6O8. The van der Waals surface area contributed by atoms with E-state index < -0.39 is 23.9 Å². The van der Waals surface area contributed by atoms with Crippen LogP contribution in [0.15, 0.2) is 63.3 Å². The quantitative estimate of drug-likeness (QED) is 0.140. The third kappa shape index (κ3) is 10.7. The molecule has 2 rings (SSSR count). The van der Waals surface area contributed by atoms with Crippen molar-refractivity contribution in [2.45, 2.75) is 12.8 Å². The van der Waals surface area contributed by atoms with E-state index in [2.05, 4.69) is 95.6 Å². The van der Waals surface area contributed by atoms with Crippen LogP contribution in [-0.2, 0) is 28.7 Å². The summed E-state index contributed by atoms with van der Waals surface area (Å²) in [4.78, 5) is 47.4. The molecule has 0 fully saturated rings. The van der Waals surface area contributed by atoms with Gasteiger partial charge in [0.15, 0.2) is 11.5 Å². The molecule has 0 aromatic heterocycles. The first-order valence-electron chi connectivity index (χ1n) is 9.68. The van der Waals surface area contributed by atoms with E-state index in [1.165, 1.54) is 0 Å². The van der Waals surface area contributed by atoms with E-state index in [4.69, 9.17) is 18.9 Å². The van der Waals surface area contributed by atoms with Crippen LogP contribution in [0.5, 0.6) is 11.5 Å². The highest BCUT2D eigenvalue weighted by Crippen LogP contribution is 2.37. The van der Waals surface area contributed by atoms with Gasteiger partial charge in [0.1, 0.15) is 13.2 Å². The van der Waals surface area contributed by atoms with Crippen LogP contribution in [-0.4, -0.2) is 37.1 Å². The maximum Gasteiger partial charge on any atom is 0.331 e. The number of carbonyl (C=O) groups is 4. The summed E-state index contributed by atoms with van der Waals surface area (Å²) in [6.07, 6.45) is 1.30. The lowest BCUT2D eigenvalue weighted by Crippen LogP contribution is -2.14. The van der Waals surface area contributed by atoms with E-state index in [0.717, 1.165) is 21.1 Å². The molecule has 14 heteroatoms. The Morgan fingerprint density at radius 1 is 0.583 bits per heavy atom. The Labute approximate surface area is 256 Å². The van der Waals surface area contributed by atoms with Crippen LogP contribution >= 0.6 is 95.6 Å². The Morgan fingerprint density at radius 3 is 1.19 bits per heavy atom. The second-order valence-corrected chi connectivity index (χ2v) is 11.8. The molecule has 192 valence electrons. The van der Waals surface area contributed by atoms with Gasteiger partial charge in [-0.05, 0) is 88.0 Å². The van der Waals surface area contributed by atoms with Gasteiger partial charge in [-0.15, -0.1) is 0 Å². The lowest BCUT2D eigenvalue weighted by atomic mass is 10.3. The van der Waals surface area contributed by atoms with Crippen LogP contribution in [0.3, 0.4) is 0 Å². The summed E-state index contributed by atoms with van der Waals surface area (Å²) in [7, 11) is 0. The van der Waals surface area contributed by atoms with E-state index in [1.807, 2.05) is 0 Å². The summed E-state index contributed by atoms with van der Waals surface area (Å²) in [6, 6.07) is 6.84. The van der Waals surface area contributed by atoms with E-state index in [1.54, 1.807) is 24.3 Å². The van der Waals surface area contributed by atoms with Gasteiger partial charge in [0.25, 0.3) is 0 Å². The minimum absolute atomic E-state index is 0.203. The van der Waals surface area contributed by atoms with E-state index >= 15 is 0 Å². The van der Waals surface area contributed by atoms with Crippen molar-refractivity contribution in [1.82, 2.24) is 0 Å². The van der Waals surface area contributed by atoms with Crippen molar-refractivity contribution in [3.63, 3.8) is 0 Å². The first kappa shape index (κ1) is 31.2. The Kier molecular flexibility index (Phi) is 13.3. The van der Waals surface area contributed by atoms with Crippen molar-refractivity contribution in [3.8, 4) is 11.5 Å². The van der Waals surface area contributed by atoms with Crippen molar-refractivity contribution in [2.75, 3.05) is 13.2 Å². The van der Waals surface area contributed by atoms with Crippen LogP contribution < -0.4 is 9.47 Å². The normalized spacial score (nSPS) is 10.7. The van der Waals surface area contributed by atoms with E-state index in [-0.39, 0.29) is 37.6 Å². The predicted molar refractivity (Wildman–Crippen MR) is 151 cm³/mol. The average molecular weight is 886 g/mol. The maximum absolute atomic E-state index is 12.0. The first-order chi connectivity index (χ1) is 17.0. The zero-order valence-corrected chi connectivity index (χ0v) is 27.3. The number of rotatable bonds is 10. The molecule has 2 aromatic rings. The number of benzene rings is 2. The van der Waals surface area contributed by atoms with Crippen LogP contribution in [0.2, 0.25) is 0 Å². The largest absolute Gasteiger partial charge is 0.462 e. The summed E-state index contributed by atoms with van der Waals surface area (Å²) in [5, 5.41) is 0. The smallest absolute Gasteiger partial charge is 0.331 e. The molecule has 8 nitrogen and oxygen atoms in total. The highest BCUT2D eigenvalue weighted by molar-refractivity contribution is 9.12. The van der Waals surface area contributed by atoms with Gasteiger partial charge >= 0.3 is 23.9 Å². The Morgan fingerprint density at radius 2 is 0.889 bits per heavy atom. The first-order valence-corrected chi connectivity index (χ1v) is 14.4. The van der Waals surface area contributed by atoms with Crippen molar-refractivity contribution in [2.24, 2.45) is 0 Å². The summed E-state index contributed by atoms with van der Waals surface area (Å²) in [5.74, 6) is -2.37. The van der Waals surface area contributed by atoms with Crippen LogP contribution in [0.25, 0.3) is 0 Å². The van der Waals surface area contributed by atoms with Crippen LogP contribution in [0.4, 0.5) is 0 Å². The third-order valence-corrected chi connectivity index (χ3v) is 7.09. The fraction of sp³-hybridized carbons (Fsp3) is 0.182. The number of ether oxygens (including phenoxy) is 4. The maximum atomic E-state index is 12.0. The topological polar surface area (TPSA) is 105 Å². The monoisotopic (exact) mass is 880 g/mol. The molecule has 0 aliphatic rings. The molecule has 2 aromatic carbocycles. The van der Waals surface area contributed by atoms with Gasteiger partial charge in [0, 0.05) is 21.1 Å². The van der Waals surface area contributed by atoms with Gasteiger partial charge in [0.2, 0.25) is 0 Å². The van der Waals surface area contributed by atoms with Gasteiger partial charge in [-0.1, -0.05) is 31.9 Å². The SMILES string of the molecule is O=C(/C=C\C(=O)OCCC(=O)Oc1c(Br)cc(Br)cc1Br)OCCC(=O)Oc1c(Br)cc(Br)cc1Br. The van der Waals surface area contributed by atoms with Crippen molar-refractivity contribution >= 4 is 119 Å². The fourth-order valence-corrected chi connectivity index (χ4v) is 7.13. The van der Waals surface area contributed by atoms with Crippen LogP contribution in [0, 0.1) is 0 Å². The summed E-state index contributed by atoms with van der Waals surface area (Å²) in [6.45, 7) is -0.508. The second-order valence-electron chi connectivity index (χ2n) is 6.51. The molecule has 0 N–H and O–H groups in total. The molecule has 0 spiro atoms. The molecule has 0 aliphatic carbocycles. The standard InChI is InChI=1S/C22H14Br6O8/c23-11-7-13(25)21(14(26)8-11)35-19(31)3-5-33-17(29)1-2-18(30)34-6-4-20(32)36-22-15(27)9-12(24)10-16(22)28/h1-2,7-10H,3-6H2/b2-1-. The Bertz CT molecular complexity index is 1060. The highest BCUT2D eigenvalue weighted by atomic mass is 79.9. The number of halogens is 6. The van der Waals surface area contributed by atoms with Gasteiger partial charge in [-0.2, -0.15) is 0 Å². The number of hydrogen-bond acceptors (Lipinski definition) is 8. The van der Waals surface area contributed by atoms with Gasteiger partial charge in [0.05, 0.1) is 30.7 Å². The molecule has 0 heterocycles. The Hall–Kier alpha value is -1.06. The van der Waals surface area contributed by atoms with Crippen molar-refractivity contribution < 1.29 is 38.1 Å². The Balaban J connectivity index is 1.68. The summed E-state index contributed by atoms with van der Waals surface area (Å²) < 4.78 is 24.0. The zero-order valence-electron chi connectivity index (χ0n) is 17.8. The molecule has 0 radical (unpaired) electrons. The van der Waals surface area contributed by atoms with E-state index in [0.29, 0.717) is 17.9 Å². The lowest BCUT2D eigenvalue weighted by molar-refractivity contribution is -0.144. The molecule has 0 bridgehead atoms. The second kappa shape index (κ2) is 15.4. The molecule has 0 unspecified atom stereocenters. The zero-order chi connectivity index (χ0) is 26.8. The molecule has 0 amide bonds. The number of hydrogen-bond donors (Lipinski definition) is 0. The molecule has 0 atom stereocenters. The molecular weight excluding hydrogens is 872 g/mol. The minimum atomic E-state index is -0.852. The number of carbonyl (C=O) groups excluding carboxylic acids is 4. The number of esters is 4. The lowest BCUT2D eigenvalue weighted by Gasteiger charge is -2.09. The molecule has 0 saturated carbocycles. The van der Waals surface area contributed by atoms with Crippen molar-refractivity contribution in [1.29, 1.82) is 0 Å². The minimum Gasteiger partial charge on any atom is -0.462 e. The highest BCUT2D eigenvalue weighted by Gasteiger charge is 2.15. The van der Waals surface area contributed by atoms with Gasteiger partial charge < -0.3 is 18.9 Å². The molecule has 0 aliphatic heterocycles. The third-order valence-electron chi connectivity index (χ3n) is 3.81. The van der Waals surface area contributed by atoms with Crippen LogP contribution in [0.1, 0.15) is 12.8 Å². The predicted octanol–water partition coefficient (Wildman–Crippen LogP) is 7.20. The van der Waals surface area contributed by atoms with Crippen molar-refractivity contribution in [3.05, 3.63) is 63.3 Å². The molecule has 36 heavy (non-hydrogen) atoms. The van der Waals surface area contributed by atoms with E-state index in [9.17, 15) is 19.2 Å². The summed E-state index contributed by atoms with van der Waals surface area (Å²) >= 11 is 19.8. The van der Waals surface area contributed by atoms with Gasteiger partial charge in [-0.3, -0.25) is 9.59 Å². The fourth-order valence-electron chi connectivity index (χ4n) is 2.28. The molecule has 0 saturated heterocycles. The summed E-state index contributed by atoms with van der Waals surface area (Å²) in [5.41, 5.74) is 0. The average Bonchev–Trinajstić information content (AvgIpc) is 2.77. The van der Waals surface area contributed by atoms with Gasteiger partial charge in [-0.25, -0.2) is 9.59 Å².